The normalized spacial score (nSPS) is 22.9. The molecule has 0 saturated heterocycles. The van der Waals surface area contributed by atoms with E-state index in [4.69, 9.17) is 9.47 Å². The zero-order valence-corrected chi connectivity index (χ0v) is 16.3. The largest absolute Gasteiger partial charge is 0.488 e. The van der Waals surface area contributed by atoms with Crippen LogP contribution in [-0.4, -0.2) is 27.9 Å². The molecule has 1 heterocycles. The number of fused-ring (bicyclic) bond motifs is 1. The van der Waals surface area contributed by atoms with Crippen LogP contribution in [-0.2, 0) is 14.3 Å². The van der Waals surface area contributed by atoms with Gasteiger partial charge in [0.05, 0.1) is 17.7 Å². The predicted octanol–water partition coefficient (Wildman–Crippen LogP) is 4.09. The highest BCUT2D eigenvalue weighted by atomic mass is 16.5. The molecule has 2 aliphatic rings. The lowest BCUT2D eigenvalue weighted by Crippen LogP contribution is -2.34. The second kappa shape index (κ2) is 6.23. The molecule has 5 heteroatoms. The molecule has 1 aliphatic carbocycles. The summed E-state index contributed by atoms with van der Waals surface area (Å²) in [4.78, 5) is 25.9. The first-order valence-corrected chi connectivity index (χ1v) is 9.01. The zero-order valence-electron chi connectivity index (χ0n) is 16.3. The molecule has 0 fully saturated rings. The van der Waals surface area contributed by atoms with Crippen molar-refractivity contribution in [3.05, 3.63) is 41.5 Å². The van der Waals surface area contributed by atoms with E-state index in [1.807, 2.05) is 59.7 Å². The molecule has 26 heavy (non-hydrogen) atoms. The number of amides is 2. The van der Waals surface area contributed by atoms with Crippen LogP contribution in [0.4, 0.5) is 0 Å². The number of imide groups is 1. The quantitative estimate of drug-likeness (QED) is 0.765. The number of hydrogen-bond donors (Lipinski definition) is 0. The third kappa shape index (κ3) is 3.68. The SMILES string of the molecule is CC(C)(C)Oc1cccc2c1[C@@H](N1C(=O)C=CC1=O)C[C@@H]2OC(C)(C)C. The molecule has 0 unspecified atom stereocenters. The van der Waals surface area contributed by atoms with Gasteiger partial charge in [-0.3, -0.25) is 14.5 Å². The van der Waals surface area contributed by atoms with Crippen molar-refractivity contribution in [2.45, 2.75) is 71.3 Å². The van der Waals surface area contributed by atoms with E-state index in [2.05, 4.69) is 0 Å². The summed E-state index contributed by atoms with van der Waals surface area (Å²) in [6.45, 7) is 11.9. The first kappa shape index (κ1) is 18.6. The van der Waals surface area contributed by atoms with Crippen LogP contribution in [0.5, 0.6) is 5.75 Å². The molecule has 0 aromatic heterocycles. The van der Waals surface area contributed by atoms with Gasteiger partial charge in [0.2, 0.25) is 0 Å². The first-order chi connectivity index (χ1) is 12.0. The van der Waals surface area contributed by atoms with Crippen molar-refractivity contribution in [2.75, 3.05) is 0 Å². The fourth-order valence-electron chi connectivity index (χ4n) is 3.56. The van der Waals surface area contributed by atoms with Gasteiger partial charge in [0, 0.05) is 24.1 Å². The molecule has 3 rings (SSSR count). The van der Waals surface area contributed by atoms with Crippen molar-refractivity contribution < 1.29 is 19.1 Å². The second-order valence-corrected chi connectivity index (χ2v) is 8.82. The Hall–Kier alpha value is -2.14. The van der Waals surface area contributed by atoms with Crippen molar-refractivity contribution in [3.8, 4) is 5.75 Å². The summed E-state index contributed by atoms with van der Waals surface area (Å²) in [5.74, 6) is 0.133. The zero-order chi connectivity index (χ0) is 19.3. The molecule has 1 aromatic rings. The van der Waals surface area contributed by atoms with E-state index in [1.54, 1.807) is 0 Å². The minimum absolute atomic E-state index is 0.195. The minimum atomic E-state index is -0.389. The highest BCUT2D eigenvalue weighted by Gasteiger charge is 2.44. The number of nitrogens with zero attached hydrogens (tertiary/aromatic N) is 1. The van der Waals surface area contributed by atoms with E-state index < -0.39 is 0 Å². The summed E-state index contributed by atoms with van der Waals surface area (Å²) < 4.78 is 12.4. The molecular weight excluding hydrogens is 330 g/mol. The van der Waals surface area contributed by atoms with Gasteiger partial charge in [0.25, 0.3) is 11.8 Å². The Kier molecular flexibility index (Phi) is 4.47. The van der Waals surface area contributed by atoms with Crippen molar-refractivity contribution in [2.24, 2.45) is 0 Å². The summed E-state index contributed by atoms with van der Waals surface area (Å²) in [7, 11) is 0. The maximum Gasteiger partial charge on any atom is 0.254 e. The number of rotatable bonds is 3. The number of hydrogen-bond acceptors (Lipinski definition) is 4. The van der Waals surface area contributed by atoms with Crippen LogP contribution in [0.3, 0.4) is 0 Å². The van der Waals surface area contributed by atoms with Gasteiger partial charge in [0.15, 0.2) is 0 Å². The van der Waals surface area contributed by atoms with E-state index in [-0.39, 0.29) is 35.2 Å². The van der Waals surface area contributed by atoms with Gasteiger partial charge < -0.3 is 9.47 Å². The van der Waals surface area contributed by atoms with Crippen LogP contribution >= 0.6 is 0 Å². The number of ether oxygens (including phenoxy) is 2. The van der Waals surface area contributed by atoms with Crippen molar-refractivity contribution in [1.29, 1.82) is 0 Å². The van der Waals surface area contributed by atoms with Gasteiger partial charge in [-0.15, -0.1) is 0 Å². The van der Waals surface area contributed by atoms with Crippen molar-refractivity contribution in [1.82, 2.24) is 4.90 Å². The van der Waals surface area contributed by atoms with Gasteiger partial charge in [-0.05, 0) is 53.2 Å². The number of benzene rings is 1. The van der Waals surface area contributed by atoms with Gasteiger partial charge in [-0.2, -0.15) is 0 Å². The molecule has 140 valence electrons. The maximum absolute atomic E-state index is 12.3. The van der Waals surface area contributed by atoms with Crippen LogP contribution in [0.1, 0.15) is 71.2 Å². The lowest BCUT2D eigenvalue weighted by Gasteiger charge is -2.28. The standard InChI is InChI=1S/C21H27NO4/c1-20(2,3)25-15-9-7-8-13-16(26-21(4,5)6)12-14(19(13)15)22-17(23)10-11-18(22)24/h7-11,14,16H,12H2,1-6H3/t14-,16-/m0/s1. The van der Waals surface area contributed by atoms with E-state index in [0.717, 1.165) is 11.1 Å². The van der Waals surface area contributed by atoms with Gasteiger partial charge in [0.1, 0.15) is 11.4 Å². The Morgan fingerprint density at radius 1 is 0.962 bits per heavy atom. The fraction of sp³-hybridized carbons (Fsp3) is 0.524. The molecule has 1 aromatic carbocycles. The molecule has 0 bridgehead atoms. The molecule has 0 saturated carbocycles. The smallest absolute Gasteiger partial charge is 0.254 e. The Morgan fingerprint density at radius 2 is 1.58 bits per heavy atom. The summed E-state index contributed by atoms with van der Waals surface area (Å²) >= 11 is 0. The maximum atomic E-state index is 12.3. The molecule has 2 amide bonds. The average Bonchev–Trinajstić information content (AvgIpc) is 2.97. The molecule has 0 radical (unpaired) electrons. The predicted molar refractivity (Wildman–Crippen MR) is 98.8 cm³/mol. The molecule has 0 N–H and O–H groups in total. The Labute approximate surface area is 155 Å². The third-order valence-corrected chi connectivity index (χ3v) is 4.28. The lowest BCUT2D eigenvalue weighted by molar-refractivity contribution is -0.140. The number of carbonyl (C=O) groups is 2. The highest BCUT2D eigenvalue weighted by molar-refractivity contribution is 6.13. The van der Waals surface area contributed by atoms with E-state index in [0.29, 0.717) is 12.2 Å². The van der Waals surface area contributed by atoms with E-state index in [1.165, 1.54) is 17.1 Å². The van der Waals surface area contributed by atoms with Crippen LogP contribution in [0.25, 0.3) is 0 Å². The lowest BCUT2D eigenvalue weighted by atomic mass is 10.0. The molecular formula is C21H27NO4. The Bertz CT molecular complexity index is 749. The van der Waals surface area contributed by atoms with Gasteiger partial charge in [-0.25, -0.2) is 0 Å². The monoisotopic (exact) mass is 357 g/mol. The summed E-state index contributed by atoms with van der Waals surface area (Å²) in [6.07, 6.45) is 3.00. The average molecular weight is 357 g/mol. The fourth-order valence-corrected chi connectivity index (χ4v) is 3.56. The Balaban J connectivity index is 2.07. The van der Waals surface area contributed by atoms with Crippen molar-refractivity contribution >= 4 is 11.8 Å². The van der Waals surface area contributed by atoms with Crippen LogP contribution in [0.2, 0.25) is 0 Å². The Morgan fingerprint density at radius 3 is 2.12 bits per heavy atom. The molecule has 5 nitrogen and oxygen atoms in total. The van der Waals surface area contributed by atoms with Crippen LogP contribution in [0.15, 0.2) is 30.4 Å². The van der Waals surface area contributed by atoms with Gasteiger partial charge >= 0.3 is 0 Å². The van der Waals surface area contributed by atoms with E-state index in [9.17, 15) is 9.59 Å². The minimum Gasteiger partial charge on any atom is -0.488 e. The molecule has 2 atom stereocenters. The van der Waals surface area contributed by atoms with Crippen molar-refractivity contribution in [3.63, 3.8) is 0 Å². The summed E-state index contributed by atoms with van der Waals surface area (Å²) in [6, 6.07) is 5.45. The second-order valence-electron chi connectivity index (χ2n) is 8.82. The molecule has 0 spiro atoms. The third-order valence-electron chi connectivity index (χ3n) is 4.28. The summed E-state index contributed by atoms with van der Waals surface area (Å²) in [5.41, 5.74) is 1.14. The van der Waals surface area contributed by atoms with Gasteiger partial charge in [-0.1, -0.05) is 12.1 Å². The van der Waals surface area contributed by atoms with E-state index >= 15 is 0 Å². The molecule has 1 aliphatic heterocycles. The topological polar surface area (TPSA) is 55.8 Å². The summed E-state index contributed by atoms with van der Waals surface area (Å²) in [5, 5.41) is 0. The van der Waals surface area contributed by atoms with Crippen LogP contribution < -0.4 is 4.74 Å². The first-order valence-electron chi connectivity index (χ1n) is 9.01. The highest BCUT2D eigenvalue weighted by Crippen LogP contribution is 2.50. The number of carbonyl (C=O) groups excluding carboxylic acids is 2. The van der Waals surface area contributed by atoms with Crippen LogP contribution in [0, 0.1) is 0 Å².